The van der Waals surface area contributed by atoms with Gasteiger partial charge in [0.25, 0.3) is 0 Å². The van der Waals surface area contributed by atoms with Gasteiger partial charge in [-0.25, -0.2) is 4.39 Å². The molecule has 0 radical (unpaired) electrons. The molecule has 4 N–H and O–H groups in total. The van der Waals surface area contributed by atoms with Gasteiger partial charge >= 0.3 is 6.18 Å². The fourth-order valence-electron chi connectivity index (χ4n) is 2.38. The van der Waals surface area contributed by atoms with Gasteiger partial charge in [0.05, 0.1) is 40.9 Å². The Labute approximate surface area is 160 Å². The van der Waals surface area contributed by atoms with E-state index in [1.807, 2.05) is 0 Å². The maximum atomic E-state index is 14.2. The van der Waals surface area contributed by atoms with Crippen LogP contribution >= 0.6 is 15.9 Å². The highest BCUT2D eigenvalue weighted by molar-refractivity contribution is 9.10. The number of aromatic nitrogens is 1. The number of hydrogen-bond acceptors (Lipinski definition) is 4. The minimum atomic E-state index is -4.58. The van der Waals surface area contributed by atoms with E-state index >= 15 is 0 Å². The molecule has 1 aliphatic carbocycles. The number of nitrogens with one attached hydrogen (secondary N) is 2. The van der Waals surface area contributed by atoms with E-state index < -0.39 is 23.1 Å². The average Bonchev–Trinajstić information content (AvgIpc) is 3.33. The summed E-state index contributed by atoms with van der Waals surface area (Å²) in [6.07, 6.45) is -2.23. The summed E-state index contributed by atoms with van der Waals surface area (Å²) in [5.74, 6) is -1.14. The molecule has 1 saturated carbocycles. The van der Waals surface area contributed by atoms with Crippen molar-refractivity contribution in [3.8, 4) is 0 Å². The first-order chi connectivity index (χ1) is 12.6. The molecular weight excluding hydrogens is 432 g/mol. The van der Waals surface area contributed by atoms with E-state index in [4.69, 9.17) is 5.73 Å². The molecule has 0 unspecified atom stereocenters. The Kier molecular flexibility index (Phi) is 5.13. The molecule has 1 aromatic heterocycles. The maximum absolute atomic E-state index is 14.2. The molecule has 3 rings (SSSR count). The molecule has 0 spiro atoms. The van der Waals surface area contributed by atoms with E-state index in [0.717, 1.165) is 12.1 Å². The number of nitrogens with two attached hydrogens (primary N) is 1. The third-order valence-electron chi connectivity index (χ3n) is 4.14. The van der Waals surface area contributed by atoms with Crippen LogP contribution in [0.5, 0.6) is 0 Å². The molecule has 1 fully saturated rings. The van der Waals surface area contributed by atoms with Gasteiger partial charge in [0.1, 0.15) is 5.82 Å². The first kappa shape index (κ1) is 19.6. The van der Waals surface area contributed by atoms with Crippen LogP contribution in [0.25, 0.3) is 0 Å². The highest BCUT2D eigenvalue weighted by Gasteiger charge is 2.45. The van der Waals surface area contributed by atoms with Crippen LogP contribution in [-0.4, -0.2) is 16.4 Å². The Hall–Kier alpha value is -2.20. The second kappa shape index (κ2) is 7.08. The molecule has 1 aromatic carbocycles. The quantitative estimate of drug-likeness (QED) is 0.609. The smallest absolute Gasteiger partial charge is 0.354 e. The van der Waals surface area contributed by atoms with E-state index in [2.05, 4.69) is 31.5 Å². The predicted octanol–water partition coefficient (Wildman–Crippen LogP) is 3.85. The Bertz CT molecular complexity index is 884. The van der Waals surface area contributed by atoms with Gasteiger partial charge in [-0.05, 0) is 31.0 Å². The Morgan fingerprint density at radius 3 is 2.59 bits per heavy atom. The van der Waals surface area contributed by atoms with Gasteiger partial charge in [0.15, 0.2) is 0 Å². The SMILES string of the molecule is NC1(C(=O)NCc2ncc(Nc3ccc(Br)cc3C(F)(F)F)cc2F)CC1. The number of alkyl halides is 3. The average molecular weight is 447 g/mol. The molecule has 0 bridgehead atoms. The van der Waals surface area contributed by atoms with Gasteiger partial charge in [-0.3, -0.25) is 9.78 Å². The van der Waals surface area contributed by atoms with E-state index in [0.29, 0.717) is 12.8 Å². The topological polar surface area (TPSA) is 80.0 Å². The molecule has 0 atom stereocenters. The summed E-state index contributed by atoms with van der Waals surface area (Å²) >= 11 is 3.00. The van der Waals surface area contributed by atoms with Crippen LogP contribution in [0.1, 0.15) is 24.1 Å². The van der Waals surface area contributed by atoms with Gasteiger partial charge in [0, 0.05) is 10.5 Å². The van der Waals surface area contributed by atoms with Crippen molar-refractivity contribution in [2.45, 2.75) is 31.1 Å². The second-order valence-corrected chi connectivity index (χ2v) is 7.22. The summed E-state index contributed by atoms with van der Waals surface area (Å²) in [5.41, 5.74) is 3.73. The number of pyridine rings is 1. The van der Waals surface area contributed by atoms with Gasteiger partial charge in [0.2, 0.25) is 5.91 Å². The molecule has 0 saturated heterocycles. The van der Waals surface area contributed by atoms with E-state index in [-0.39, 0.29) is 34.0 Å². The summed E-state index contributed by atoms with van der Waals surface area (Å²) in [5, 5.41) is 5.03. The number of halogens is 5. The number of carbonyl (C=O) groups is 1. The van der Waals surface area contributed by atoms with E-state index in [1.54, 1.807) is 0 Å². The predicted molar refractivity (Wildman–Crippen MR) is 94.6 cm³/mol. The fourth-order valence-corrected chi connectivity index (χ4v) is 2.74. The lowest BCUT2D eigenvalue weighted by molar-refractivity contribution is -0.137. The molecule has 27 heavy (non-hydrogen) atoms. The molecule has 144 valence electrons. The lowest BCUT2D eigenvalue weighted by Gasteiger charge is -2.15. The number of benzene rings is 1. The third kappa shape index (κ3) is 4.56. The zero-order chi connectivity index (χ0) is 19.8. The van der Waals surface area contributed by atoms with Gasteiger partial charge < -0.3 is 16.4 Å². The van der Waals surface area contributed by atoms with Crippen molar-refractivity contribution in [1.82, 2.24) is 10.3 Å². The molecule has 1 heterocycles. The Morgan fingerprint density at radius 2 is 2.00 bits per heavy atom. The zero-order valence-electron chi connectivity index (χ0n) is 13.8. The number of carbonyl (C=O) groups excluding carboxylic acids is 1. The van der Waals surface area contributed by atoms with Crippen LogP contribution in [-0.2, 0) is 17.5 Å². The van der Waals surface area contributed by atoms with Crippen molar-refractivity contribution in [1.29, 1.82) is 0 Å². The van der Waals surface area contributed by atoms with Gasteiger partial charge in [-0.2, -0.15) is 13.2 Å². The minimum absolute atomic E-state index is 0.0370. The van der Waals surface area contributed by atoms with E-state index in [9.17, 15) is 22.4 Å². The maximum Gasteiger partial charge on any atom is 0.418 e. The molecule has 2 aromatic rings. The Balaban J connectivity index is 1.74. The zero-order valence-corrected chi connectivity index (χ0v) is 15.4. The number of anilines is 2. The van der Waals surface area contributed by atoms with Crippen LogP contribution in [0.2, 0.25) is 0 Å². The number of nitrogens with zero attached hydrogens (tertiary/aromatic N) is 1. The standard InChI is InChI=1S/C17H15BrF4N4O/c18-9-1-2-13(11(5-9)17(20,21)22)26-10-6-12(19)14(24-7-10)8-25-15(27)16(23)3-4-16/h1-2,5-7,26H,3-4,8,23H2,(H,25,27). The lowest BCUT2D eigenvalue weighted by atomic mass is 10.1. The normalized spacial score (nSPS) is 15.3. The summed E-state index contributed by atoms with van der Waals surface area (Å²) in [6, 6.07) is 4.61. The fraction of sp³-hybridized carbons (Fsp3) is 0.294. The van der Waals surface area contributed by atoms with Crippen LogP contribution in [0.3, 0.4) is 0 Å². The van der Waals surface area contributed by atoms with Crippen LogP contribution < -0.4 is 16.4 Å². The first-order valence-corrected chi connectivity index (χ1v) is 8.73. The number of hydrogen-bond donors (Lipinski definition) is 3. The first-order valence-electron chi connectivity index (χ1n) is 7.94. The van der Waals surface area contributed by atoms with Crippen molar-refractivity contribution in [2.24, 2.45) is 5.73 Å². The van der Waals surface area contributed by atoms with Crippen molar-refractivity contribution >= 4 is 33.2 Å². The van der Waals surface area contributed by atoms with Crippen LogP contribution in [0, 0.1) is 5.82 Å². The summed E-state index contributed by atoms with van der Waals surface area (Å²) < 4.78 is 53.9. The van der Waals surface area contributed by atoms with Crippen LogP contribution in [0.15, 0.2) is 34.9 Å². The van der Waals surface area contributed by atoms with Crippen molar-refractivity contribution < 1.29 is 22.4 Å². The van der Waals surface area contributed by atoms with Gasteiger partial charge in [-0.15, -0.1) is 0 Å². The second-order valence-electron chi connectivity index (χ2n) is 6.30. The molecule has 10 heteroatoms. The van der Waals surface area contributed by atoms with Crippen molar-refractivity contribution in [2.75, 3.05) is 5.32 Å². The molecule has 1 amide bonds. The number of rotatable bonds is 5. The molecular formula is C17H15BrF4N4O. The van der Waals surface area contributed by atoms with E-state index in [1.165, 1.54) is 18.3 Å². The Morgan fingerprint density at radius 1 is 1.30 bits per heavy atom. The van der Waals surface area contributed by atoms with Crippen LogP contribution in [0.4, 0.5) is 28.9 Å². The minimum Gasteiger partial charge on any atom is -0.354 e. The van der Waals surface area contributed by atoms with Crippen molar-refractivity contribution in [3.63, 3.8) is 0 Å². The lowest BCUT2D eigenvalue weighted by Crippen LogP contribution is -2.42. The highest BCUT2D eigenvalue weighted by atomic mass is 79.9. The molecule has 5 nitrogen and oxygen atoms in total. The number of amides is 1. The van der Waals surface area contributed by atoms with Crippen molar-refractivity contribution in [3.05, 3.63) is 52.0 Å². The largest absolute Gasteiger partial charge is 0.418 e. The highest BCUT2D eigenvalue weighted by Crippen LogP contribution is 2.37. The summed E-state index contributed by atoms with van der Waals surface area (Å²) in [6.45, 7) is -0.157. The molecule has 0 aliphatic heterocycles. The molecule has 1 aliphatic rings. The summed E-state index contributed by atoms with van der Waals surface area (Å²) in [4.78, 5) is 15.6. The monoisotopic (exact) mass is 446 g/mol. The third-order valence-corrected chi connectivity index (χ3v) is 4.63. The summed E-state index contributed by atoms with van der Waals surface area (Å²) in [7, 11) is 0. The van der Waals surface area contributed by atoms with Gasteiger partial charge in [-0.1, -0.05) is 15.9 Å².